The molecule has 0 saturated carbocycles. The highest BCUT2D eigenvalue weighted by Gasteiger charge is 2.21. The number of carboxylic acids is 1. The number of hydrogen-bond donors (Lipinski definition) is 2. The Morgan fingerprint density at radius 2 is 2.14 bits per heavy atom. The van der Waals surface area contributed by atoms with E-state index >= 15 is 0 Å². The van der Waals surface area contributed by atoms with Gasteiger partial charge in [0, 0.05) is 18.8 Å². The maximum absolute atomic E-state index is 12.2. The Morgan fingerprint density at radius 1 is 1.43 bits per heavy atom. The summed E-state index contributed by atoms with van der Waals surface area (Å²) in [6.07, 6.45) is 2.36. The van der Waals surface area contributed by atoms with Gasteiger partial charge in [-0.25, -0.2) is 23.2 Å². The molecule has 21 heavy (non-hydrogen) atoms. The van der Waals surface area contributed by atoms with Crippen molar-refractivity contribution < 1.29 is 18.3 Å². The number of aromatic nitrogens is 3. The number of carbonyl (C=O) groups is 1. The average Bonchev–Trinajstić information content (AvgIpc) is 2.83. The first-order chi connectivity index (χ1) is 9.83. The maximum Gasteiger partial charge on any atom is 0.352 e. The number of nitrogens with one attached hydrogen (secondary N) is 1. The van der Waals surface area contributed by atoms with Crippen molar-refractivity contribution in [3.05, 3.63) is 35.5 Å². The van der Waals surface area contributed by atoms with Gasteiger partial charge in [0.05, 0.1) is 0 Å². The topological polar surface area (TPSA) is 114 Å². The predicted molar refractivity (Wildman–Crippen MR) is 74.9 cm³/mol. The first-order valence-corrected chi connectivity index (χ1v) is 7.63. The SMILES string of the molecule is CCn1cc(S(=O)(=O)Nc2cc(Cl)ncn2)cc1C(=O)O. The summed E-state index contributed by atoms with van der Waals surface area (Å²) in [5, 5.41) is 9.11. The molecule has 0 aliphatic heterocycles. The van der Waals surface area contributed by atoms with Gasteiger partial charge < -0.3 is 9.67 Å². The molecule has 112 valence electrons. The number of aryl methyl sites for hydroxylation is 1. The fraction of sp³-hybridized carbons (Fsp3) is 0.182. The molecule has 0 aliphatic carbocycles. The van der Waals surface area contributed by atoms with Crippen LogP contribution in [0.25, 0.3) is 0 Å². The molecule has 2 heterocycles. The Morgan fingerprint density at radius 3 is 2.67 bits per heavy atom. The number of halogens is 1. The van der Waals surface area contributed by atoms with Crippen LogP contribution in [0.1, 0.15) is 17.4 Å². The molecule has 2 aromatic rings. The minimum atomic E-state index is -3.96. The van der Waals surface area contributed by atoms with Crippen LogP contribution >= 0.6 is 11.6 Å². The fourth-order valence-electron chi connectivity index (χ4n) is 1.66. The number of hydrogen-bond acceptors (Lipinski definition) is 5. The summed E-state index contributed by atoms with van der Waals surface area (Å²) in [7, 11) is -3.96. The van der Waals surface area contributed by atoms with Crippen molar-refractivity contribution in [1.29, 1.82) is 0 Å². The smallest absolute Gasteiger partial charge is 0.352 e. The third kappa shape index (κ3) is 3.31. The molecule has 0 radical (unpaired) electrons. The Kier molecular flexibility index (Phi) is 4.14. The molecule has 0 saturated heterocycles. The quantitative estimate of drug-likeness (QED) is 0.802. The van der Waals surface area contributed by atoms with Crippen molar-refractivity contribution >= 4 is 33.4 Å². The van der Waals surface area contributed by atoms with Gasteiger partial charge in [-0.15, -0.1) is 0 Å². The lowest BCUT2D eigenvalue weighted by Gasteiger charge is -2.05. The van der Waals surface area contributed by atoms with Crippen LogP contribution in [0.4, 0.5) is 5.82 Å². The van der Waals surface area contributed by atoms with E-state index in [1.165, 1.54) is 16.8 Å². The van der Waals surface area contributed by atoms with Crippen molar-refractivity contribution in [2.75, 3.05) is 4.72 Å². The van der Waals surface area contributed by atoms with Gasteiger partial charge in [-0.2, -0.15) is 0 Å². The number of rotatable bonds is 5. The second-order valence-corrected chi connectivity index (χ2v) is 6.05. The highest BCUT2D eigenvalue weighted by molar-refractivity contribution is 7.92. The number of aromatic carboxylic acids is 1. The maximum atomic E-state index is 12.2. The molecule has 0 aromatic carbocycles. The predicted octanol–water partition coefficient (Wildman–Crippen LogP) is 1.45. The van der Waals surface area contributed by atoms with Crippen LogP contribution in [0.15, 0.2) is 29.6 Å². The second kappa shape index (κ2) is 5.70. The third-order valence-electron chi connectivity index (χ3n) is 2.61. The number of nitrogens with zero attached hydrogens (tertiary/aromatic N) is 3. The summed E-state index contributed by atoms with van der Waals surface area (Å²) in [5.74, 6) is -1.21. The molecule has 8 nitrogen and oxygen atoms in total. The van der Waals surface area contributed by atoms with E-state index in [0.717, 1.165) is 12.4 Å². The summed E-state index contributed by atoms with van der Waals surface area (Å²) >= 11 is 5.65. The van der Waals surface area contributed by atoms with Gasteiger partial charge in [0.25, 0.3) is 10.0 Å². The highest BCUT2D eigenvalue weighted by Crippen LogP contribution is 2.19. The average molecular weight is 331 g/mol. The molecule has 0 fully saturated rings. The minimum absolute atomic E-state index is 0.00359. The van der Waals surface area contributed by atoms with E-state index in [-0.39, 0.29) is 21.6 Å². The van der Waals surface area contributed by atoms with Crippen molar-refractivity contribution in [3.63, 3.8) is 0 Å². The lowest BCUT2D eigenvalue weighted by atomic mass is 10.4. The summed E-state index contributed by atoms with van der Waals surface area (Å²) < 4.78 is 27.9. The molecule has 0 aliphatic rings. The van der Waals surface area contributed by atoms with Gasteiger partial charge in [-0.1, -0.05) is 11.6 Å². The van der Waals surface area contributed by atoms with Crippen LogP contribution in [0, 0.1) is 0 Å². The van der Waals surface area contributed by atoms with E-state index in [4.69, 9.17) is 16.7 Å². The first-order valence-electron chi connectivity index (χ1n) is 5.77. The molecule has 0 amide bonds. The van der Waals surface area contributed by atoms with Gasteiger partial charge >= 0.3 is 5.97 Å². The Balaban J connectivity index is 2.38. The molecule has 0 unspecified atom stereocenters. The van der Waals surface area contributed by atoms with Crippen molar-refractivity contribution in [2.24, 2.45) is 0 Å². The lowest BCUT2D eigenvalue weighted by molar-refractivity contribution is 0.0685. The zero-order valence-electron chi connectivity index (χ0n) is 10.8. The van der Waals surface area contributed by atoms with E-state index in [9.17, 15) is 13.2 Å². The molecule has 2 aromatic heterocycles. The summed E-state index contributed by atoms with van der Waals surface area (Å²) in [6, 6.07) is 2.32. The number of anilines is 1. The van der Waals surface area contributed by atoms with E-state index < -0.39 is 16.0 Å². The van der Waals surface area contributed by atoms with Gasteiger partial charge in [0.15, 0.2) is 0 Å². The Bertz CT molecular complexity index is 787. The van der Waals surface area contributed by atoms with E-state index in [1.807, 2.05) is 0 Å². The highest BCUT2D eigenvalue weighted by atomic mass is 35.5. The summed E-state index contributed by atoms with van der Waals surface area (Å²) in [4.78, 5) is 18.2. The lowest BCUT2D eigenvalue weighted by Crippen LogP contribution is -2.13. The molecular formula is C11H11ClN4O4S. The second-order valence-electron chi connectivity index (χ2n) is 3.98. The van der Waals surface area contributed by atoms with Gasteiger partial charge in [0.1, 0.15) is 27.9 Å². The van der Waals surface area contributed by atoms with Crippen LogP contribution in [-0.4, -0.2) is 34.0 Å². The van der Waals surface area contributed by atoms with Crippen molar-refractivity contribution in [2.45, 2.75) is 18.4 Å². The zero-order chi connectivity index (χ0) is 15.6. The minimum Gasteiger partial charge on any atom is -0.477 e. The fourth-order valence-corrected chi connectivity index (χ4v) is 2.84. The van der Waals surface area contributed by atoms with Crippen LogP contribution in [0.3, 0.4) is 0 Å². The summed E-state index contributed by atoms with van der Waals surface area (Å²) in [5.41, 5.74) is -0.112. The van der Waals surface area contributed by atoms with Crippen LogP contribution in [0.5, 0.6) is 0 Å². The van der Waals surface area contributed by atoms with E-state index in [1.54, 1.807) is 6.92 Å². The molecule has 0 bridgehead atoms. The normalized spacial score (nSPS) is 11.3. The van der Waals surface area contributed by atoms with Crippen molar-refractivity contribution in [3.8, 4) is 0 Å². The van der Waals surface area contributed by atoms with Crippen molar-refractivity contribution in [1.82, 2.24) is 14.5 Å². The van der Waals surface area contributed by atoms with Gasteiger partial charge in [-0.3, -0.25) is 4.72 Å². The Labute approximate surface area is 125 Å². The summed E-state index contributed by atoms with van der Waals surface area (Å²) in [6.45, 7) is 2.04. The molecular weight excluding hydrogens is 320 g/mol. The van der Waals surface area contributed by atoms with Crippen LogP contribution in [-0.2, 0) is 16.6 Å². The molecule has 2 N–H and O–H groups in total. The van der Waals surface area contributed by atoms with E-state index in [2.05, 4.69) is 14.7 Å². The number of sulfonamides is 1. The van der Waals surface area contributed by atoms with Gasteiger partial charge in [-0.05, 0) is 13.0 Å². The van der Waals surface area contributed by atoms with Crippen LogP contribution < -0.4 is 4.72 Å². The first kappa shape index (κ1) is 15.3. The van der Waals surface area contributed by atoms with E-state index in [0.29, 0.717) is 6.54 Å². The molecule has 2 rings (SSSR count). The third-order valence-corrected chi connectivity index (χ3v) is 4.14. The molecule has 0 spiro atoms. The zero-order valence-corrected chi connectivity index (χ0v) is 12.4. The standard InChI is InChI=1S/C11H11ClN4O4S/c1-2-16-5-7(3-8(16)11(17)18)21(19,20)15-10-4-9(12)13-6-14-10/h3-6H,2H2,1H3,(H,17,18)(H,13,14,15). The molecule has 10 heteroatoms. The largest absolute Gasteiger partial charge is 0.477 e. The van der Waals surface area contributed by atoms with Gasteiger partial charge in [0.2, 0.25) is 0 Å². The van der Waals surface area contributed by atoms with Crippen LogP contribution in [0.2, 0.25) is 5.15 Å². The number of carboxylic acid groups (broad SMARTS) is 1. The monoisotopic (exact) mass is 330 g/mol. The molecule has 0 atom stereocenters. The Hall–Kier alpha value is -2.13.